The van der Waals surface area contributed by atoms with Gasteiger partial charge in [-0.2, -0.15) is 4.39 Å². The molecule has 2 N–H and O–H groups in total. The van der Waals surface area contributed by atoms with Gasteiger partial charge in [0.25, 0.3) is 0 Å². The number of aromatic nitrogens is 1. The van der Waals surface area contributed by atoms with Crippen molar-refractivity contribution < 1.29 is 4.39 Å². The zero-order valence-electron chi connectivity index (χ0n) is 6.56. The molecule has 12 heavy (non-hydrogen) atoms. The molecule has 0 fully saturated rings. The molecule has 0 aliphatic heterocycles. The van der Waals surface area contributed by atoms with Crippen molar-refractivity contribution in [1.82, 2.24) is 4.98 Å². The van der Waals surface area contributed by atoms with Gasteiger partial charge in [-0.3, -0.25) is 0 Å². The Balaban J connectivity index is 2.78. The molecule has 0 atom stereocenters. The summed E-state index contributed by atoms with van der Waals surface area (Å²) in [5, 5.41) is 0.117. The molecule has 1 rings (SSSR count). The zero-order chi connectivity index (χ0) is 8.97. The predicted octanol–water partition coefficient (Wildman–Crippen LogP) is 1.77. The van der Waals surface area contributed by atoms with Crippen molar-refractivity contribution >= 4 is 11.6 Å². The first-order valence-corrected chi connectivity index (χ1v) is 4.12. The Kier molecular flexibility index (Phi) is 3.44. The molecule has 1 aromatic heterocycles. The second kappa shape index (κ2) is 4.38. The van der Waals surface area contributed by atoms with Gasteiger partial charge in [-0.25, -0.2) is 4.98 Å². The van der Waals surface area contributed by atoms with Crippen LogP contribution in [0.1, 0.15) is 12.0 Å². The Labute approximate surface area is 75.6 Å². The molecule has 2 nitrogen and oxygen atoms in total. The minimum atomic E-state index is -0.605. The summed E-state index contributed by atoms with van der Waals surface area (Å²) < 4.78 is 12.7. The molecule has 1 aromatic rings. The normalized spacial score (nSPS) is 10.2. The summed E-state index contributed by atoms with van der Waals surface area (Å²) in [6.45, 7) is 0.584. The number of nitrogens with zero attached hydrogens (tertiary/aromatic N) is 1. The molecule has 0 spiro atoms. The highest BCUT2D eigenvalue weighted by atomic mass is 35.5. The van der Waals surface area contributed by atoms with E-state index in [1.54, 1.807) is 6.07 Å². The Morgan fingerprint density at radius 1 is 1.58 bits per heavy atom. The van der Waals surface area contributed by atoms with E-state index in [0.717, 1.165) is 12.0 Å². The van der Waals surface area contributed by atoms with Gasteiger partial charge in [-0.15, -0.1) is 0 Å². The molecule has 1 heterocycles. The Morgan fingerprint density at radius 3 is 3.00 bits per heavy atom. The van der Waals surface area contributed by atoms with E-state index in [1.807, 2.05) is 0 Å². The van der Waals surface area contributed by atoms with Crippen molar-refractivity contribution in [1.29, 1.82) is 0 Å². The smallest absolute Gasteiger partial charge is 0.231 e. The highest BCUT2D eigenvalue weighted by molar-refractivity contribution is 6.31. The van der Waals surface area contributed by atoms with Crippen molar-refractivity contribution in [2.75, 3.05) is 6.54 Å². The summed E-state index contributed by atoms with van der Waals surface area (Å²) in [6.07, 6.45) is 2.92. The number of hydrogen-bond acceptors (Lipinski definition) is 2. The highest BCUT2D eigenvalue weighted by Crippen LogP contribution is 2.18. The second-order valence-electron chi connectivity index (χ2n) is 2.47. The standard InChI is InChI=1S/C8H10ClFN2/c9-7-6(2-1-4-11)3-5-12-8(7)10/h3,5H,1-2,4,11H2. The number of nitrogens with two attached hydrogens (primary N) is 1. The van der Waals surface area contributed by atoms with Gasteiger partial charge in [0.1, 0.15) is 0 Å². The third-order valence-corrected chi connectivity index (χ3v) is 1.98. The molecule has 0 aromatic carbocycles. The van der Waals surface area contributed by atoms with Crippen molar-refractivity contribution in [3.63, 3.8) is 0 Å². The monoisotopic (exact) mass is 188 g/mol. The van der Waals surface area contributed by atoms with Crippen LogP contribution >= 0.6 is 11.6 Å². The molecule has 0 aliphatic carbocycles. The maximum absolute atomic E-state index is 12.7. The lowest BCUT2D eigenvalue weighted by Crippen LogP contribution is -2.01. The van der Waals surface area contributed by atoms with Gasteiger partial charge in [-0.1, -0.05) is 11.6 Å². The van der Waals surface area contributed by atoms with E-state index < -0.39 is 5.95 Å². The molecule has 0 radical (unpaired) electrons. The maximum atomic E-state index is 12.7. The van der Waals surface area contributed by atoms with E-state index in [4.69, 9.17) is 17.3 Å². The van der Waals surface area contributed by atoms with E-state index in [-0.39, 0.29) is 5.02 Å². The highest BCUT2D eigenvalue weighted by Gasteiger charge is 2.05. The molecule has 66 valence electrons. The first kappa shape index (κ1) is 9.42. The van der Waals surface area contributed by atoms with Crippen LogP contribution in [0.25, 0.3) is 0 Å². The number of pyridine rings is 1. The van der Waals surface area contributed by atoms with Crippen molar-refractivity contribution in [3.05, 3.63) is 28.8 Å². The van der Waals surface area contributed by atoms with Crippen LogP contribution < -0.4 is 5.73 Å². The molecule has 0 amide bonds. The lowest BCUT2D eigenvalue weighted by atomic mass is 10.1. The zero-order valence-corrected chi connectivity index (χ0v) is 7.31. The van der Waals surface area contributed by atoms with Gasteiger partial charge in [0, 0.05) is 6.20 Å². The van der Waals surface area contributed by atoms with Crippen LogP contribution in [-0.2, 0) is 6.42 Å². The van der Waals surface area contributed by atoms with Gasteiger partial charge in [0.05, 0.1) is 5.02 Å². The summed E-state index contributed by atoms with van der Waals surface area (Å²) in [4.78, 5) is 3.42. The topological polar surface area (TPSA) is 38.9 Å². The van der Waals surface area contributed by atoms with Crippen molar-refractivity contribution in [2.24, 2.45) is 5.73 Å². The maximum Gasteiger partial charge on any atom is 0.231 e. The predicted molar refractivity (Wildman–Crippen MR) is 46.6 cm³/mol. The van der Waals surface area contributed by atoms with Gasteiger partial charge < -0.3 is 5.73 Å². The summed E-state index contributed by atoms with van der Waals surface area (Å²) in [5.41, 5.74) is 6.08. The average Bonchev–Trinajstić information content (AvgIpc) is 2.08. The van der Waals surface area contributed by atoms with Crippen molar-refractivity contribution in [3.8, 4) is 0 Å². The van der Waals surface area contributed by atoms with E-state index in [0.29, 0.717) is 13.0 Å². The summed E-state index contributed by atoms with van der Waals surface area (Å²) in [6, 6.07) is 1.71. The minimum absolute atomic E-state index is 0.117. The first-order valence-electron chi connectivity index (χ1n) is 3.74. The van der Waals surface area contributed by atoms with Crippen LogP contribution in [0.15, 0.2) is 12.3 Å². The fraction of sp³-hybridized carbons (Fsp3) is 0.375. The molecule has 0 saturated heterocycles. The summed E-state index contributed by atoms with van der Waals surface area (Å²) >= 11 is 5.65. The van der Waals surface area contributed by atoms with Gasteiger partial charge in [0.15, 0.2) is 0 Å². The fourth-order valence-corrected chi connectivity index (χ4v) is 1.15. The molecular formula is C8H10ClFN2. The van der Waals surface area contributed by atoms with Crippen molar-refractivity contribution in [2.45, 2.75) is 12.8 Å². The molecule has 0 unspecified atom stereocenters. The molecular weight excluding hydrogens is 179 g/mol. The largest absolute Gasteiger partial charge is 0.330 e. The van der Waals surface area contributed by atoms with E-state index in [1.165, 1.54) is 6.20 Å². The Hall–Kier alpha value is -0.670. The van der Waals surface area contributed by atoms with Gasteiger partial charge in [0.2, 0.25) is 5.95 Å². The fourth-order valence-electron chi connectivity index (χ4n) is 0.941. The van der Waals surface area contributed by atoms with Crippen LogP contribution in [0.5, 0.6) is 0 Å². The number of halogens is 2. The quantitative estimate of drug-likeness (QED) is 0.735. The van der Waals surface area contributed by atoms with Crippen LogP contribution in [0.2, 0.25) is 5.02 Å². The van der Waals surface area contributed by atoms with Gasteiger partial charge in [-0.05, 0) is 31.0 Å². The lowest BCUT2D eigenvalue weighted by molar-refractivity contribution is 0.581. The van der Waals surface area contributed by atoms with Gasteiger partial charge >= 0.3 is 0 Å². The third-order valence-electron chi connectivity index (χ3n) is 1.58. The molecule has 4 heteroatoms. The van der Waals surface area contributed by atoms with Crippen LogP contribution in [-0.4, -0.2) is 11.5 Å². The van der Waals surface area contributed by atoms with Crippen LogP contribution in [0, 0.1) is 5.95 Å². The summed E-state index contributed by atoms with van der Waals surface area (Å²) in [5.74, 6) is -0.605. The lowest BCUT2D eigenvalue weighted by Gasteiger charge is -2.01. The van der Waals surface area contributed by atoms with Crippen LogP contribution in [0.3, 0.4) is 0 Å². The summed E-state index contributed by atoms with van der Waals surface area (Å²) in [7, 11) is 0. The third kappa shape index (κ3) is 2.16. The Bertz CT molecular complexity index is 265. The van der Waals surface area contributed by atoms with Crippen LogP contribution in [0.4, 0.5) is 4.39 Å². The first-order chi connectivity index (χ1) is 5.75. The molecule has 0 bridgehead atoms. The second-order valence-corrected chi connectivity index (χ2v) is 2.85. The van der Waals surface area contributed by atoms with E-state index in [9.17, 15) is 4.39 Å². The molecule has 0 saturated carbocycles. The average molecular weight is 189 g/mol. The van der Waals surface area contributed by atoms with E-state index in [2.05, 4.69) is 4.98 Å². The number of rotatable bonds is 3. The van der Waals surface area contributed by atoms with E-state index >= 15 is 0 Å². The molecule has 0 aliphatic rings. The minimum Gasteiger partial charge on any atom is -0.330 e. The number of aryl methyl sites for hydroxylation is 1. The Morgan fingerprint density at radius 2 is 2.33 bits per heavy atom. The number of hydrogen-bond donors (Lipinski definition) is 1. The SMILES string of the molecule is NCCCc1ccnc(F)c1Cl.